The Bertz CT molecular complexity index is 648. The number of amides is 1. The van der Waals surface area contributed by atoms with Gasteiger partial charge in [0.05, 0.1) is 24.4 Å². The van der Waals surface area contributed by atoms with E-state index in [0.29, 0.717) is 23.7 Å². The van der Waals surface area contributed by atoms with Crippen LogP contribution in [0.4, 0.5) is 10.1 Å². The Labute approximate surface area is 139 Å². The largest absolute Gasteiger partial charge is 0.489 e. The predicted molar refractivity (Wildman–Crippen MR) is 85.6 cm³/mol. The van der Waals surface area contributed by atoms with E-state index in [4.69, 9.17) is 19.6 Å². The fourth-order valence-corrected chi connectivity index (χ4v) is 1.76. The van der Waals surface area contributed by atoms with Gasteiger partial charge in [0.15, 0.2) is 0 Å². The molecule has 1 amide bonds. The molecule has 126 valence electrons. The molecule has 23 heavy (non-hydrogen) atoms. The number of benzene rings is 1. The van der Waals surface area contributed by atoms with Crippen LogP contribution in [0.25, 0.3) is 0 Å². The molecule has 0 aliphatic rings. The quantitative estimate of drug-likeness (QED) is 0.754. The fraction of sp³-hybridized carbons (Fsp3) is 0.267. The van der Waals surface area contributed by atoms with Crippen molar-refractivity contribution in [1.29, 1.82) is 0 Å². The van der Waals surface area contributed by atoms with Crippen LogP contribution in [-0.4, -0.2) is 26.2 Å². The lowest BCUT2D eigenvalue weighted by molar-refractivity contribution is 0.102. The summed E-state index contributed by atoms with van der Waals surface area (Å²) in [4.78, 5) is 12.1. The number of nitrogens with two attached hydrogens (primary N) is 1. The molecular weight excluding hydrogens is 327 g/mol. The van der Waals surface area contributed by atoms with E-state index >= 15 is 0 Å². The molecule has 1 aromatic carbocycles. The van der Waals surface area contributed by atoms with Crippen molar-refractivity contribution < 1.29 is 23.1 Å². The average Bonchev–Trinajstić information content (AvgIpc) is 2.99. The van der Waals surface area contributed by atoms with Crippen LogP contribution in [0.15, 0.2) is 34.9 Å². The Morgan fingerprint density at radius 3 is 2.78 bits per heavy atom. The van der Waals surface area contributed by atoms with Gasteiger partial charge >= 0.3 is 0 Å². The van der Waals surface area contributed by atoms with Gasteiger partial charge in [-0.05, 0) is 18.2 Å². The number of carbonyl (C=O) groups excluding carboxylic acids is 1. The van der Waals surface area contributed by atoms with Crippen LogP contribution < -0.4 is 15.8 Å². The van der Waals surface area contributed by atoms with Gasteiger partial charge in [0, 0.05) is 13.2 Å². The van der Waals surface area contributed by atoms with E-state index in [2.05, 4.69) is 5.32 Å². The number of methoxy groups -OCH3 is 1. The molecule has 0 saturated carbocycles. The van der Waals surface area contributed by atoms with E-state index in [-0.39, 0.29) is 31.2 Å². The van der Waals surface area contributed by atoms with Crippen LogP contribution >= 0.6 is 12.4 Å². The summed E-state index contributed by atoms with van der Waals surface area (Å²) >= 11 is 0. The van der Waals surface area contributed by atoms with Gasteiger partial charge in [-0.2, -0.15) is 0 Å². The number of hydrogen-bond donors (Lipinski definition) is 2. The number of halogens is 2. The summed E-state index contributed by atoms with van der Waals surface area (Å²) in [5, 5.41) is 2.59. The zero-order chi connectivity index (χ0) is 15.9. The van der Waals surface area contributed by atoms with Crippen LogP contribution in [0.3, 0.4) is 0 Å². The number of hydrogen-bond acceptors (Lipinski definition) is 5. The molecule has 0 radical (unpaired) electrons. The van der Waals surface area contributed by atoms with E-state index in [1.807, 2.05) is 0 Å². The van der Waals surface area contributed by atoms with Crippen LogP contribution in [0, 0.1) is 5.82 Å². The van der Waals surface area contributed by atoms with Crippen molar-refractivity contribution in [1.82, 2.24) is 0 Å². The van der Waals surface area contributed by atoms with Gasteiger partial charge in [0.1, 0.15) is 30.2 Å². The number of furan rings is 1. The van der Waals surface area contributed by atoms with Gasteiger partial charge in [-0.15, -0.1) is 12.4 Å². The molecule has 0 spiro atoms. The molecule has 0 unspecified atom stereocenters. The third-order valence-corrected chi connectivity index (χ3v) is 2.85. The first kappa shape index (κ1) is 19.0. The first-order valence-electron chi connectivity index (χ1n) is 6.64. The summed E-state index contributed by atoms with van der Waals surface area (Å²) in [5.74, 6) is -0.0785. The number of carbonyl (C=O) groups is 1. The lowest BCUT2D eigenvalue weighted by Gasteiger charge is -2.12. The third-order valence-electron chi connectivity index (χ3n) is 2.85. The van der Waals surface area contributed by atoms with Gasteiger partial charge in [0.2, 0.25) is 0 Å². The Morgan fingerprint density at radius 2 is 2.13 bits per heavy atom. The fourth-order valence-electron chi connectivity index (χ4n) is 1.76. The molecule has 2 aromatic rings. The topological polar surface area (TPSA) is 86.7 Å². The van der Waals surface area contributed by atoms with Crippen molar-refractivity contribution in [2.75, 3.05) is 25.6 Å². The highest BCUT2D eigenvalue weighted by Crippen LogP contribution is 2.26. The summed E-state index contributed by atoms with van der Waals surface area (Å²) in [6, 6.07) is 5.41. The first-order chi connectivity index (χ1) is 10.6. The summed E-state index contributed by atoms with van der Waals surface area (Å²) in [6.45, 7) is 0.860. The van der Waals surface area contributed by atoms with E-state index in [9.17, 15) is 9.18 Å². The van der Waals surface area contributed by atoms with E-state index in [1.165, 1.54) is 30.5 Å². The smallest absolute Gasteiger partial charge is 0.259 e. The molecule has 6 nitrogen and oxygen atoms in total. The van der Waals surface area contributed by atoms with Crippen LogP contribution in [0.1, 0.15) is 16.1 Å². The molecule has 1 aromatic heterocycles. The molecule has 3 N–H and O–H groups in total. The highest BCUT2D eigenvalue weighted by atomic mass is 35.5. The van der Waals surface area contributed by atoms with Crippen LogP contribution in [-0.2, 0) is 11.3 Å². The molecular formula is C15H18ClFN2O4. The first-order valence-corrected chi connectivity index (χ1v) is 6.64. The maximum absolute atomic E-state index is 13.4. The van der Waals surface area contributed by atoms with Gasteiger partial charge in [-0.3, -0.25) is 4.79 Å². The second kappa shape index (κ2) is 9.14. The van der Waals surface area contributed by atoms with Crippen molar-refractivity contribution in [3.63, 3.8) is 0 Å². The second-order valence-electron chi connectivity index (χ2n) is 4.44. The Balaban J connectivity index is 0.00000264. The van der Waals surface area contributed by atoms with Gasteiger partial charge in [-0.25, -0.2) is 4.39 Å². The van der Waals surface area contributed by atoms with Gasteiger partial charge < -0.3 is 24.9 Å². The Hall–Kier alpha value is -2.09. The van der Waals surface area contributed by atoms with Crippen molar-refractivity contribution in [2.24, 2.45) is 5.73 Å². The Morgan fingerprint density at radius 1 is 1.35 bits per heavy atom. The SMILES string of the molecule is COCCOc1ccc(F)cc1NC(=O)c1coc(CN)c1.Cl. The molecule has 0 saturated heterocycles. The normalized spacial score (nSPS) is 10.0. The highest BCUT2D eigenvalue weighted by molar-refractivity contribution is 6.04. The minimum Gasteiger partial charge on any atom is -0.489 e. The monoisotopic (exact) mass is 344 g/mol. The highest BCUT2D eigenvalue weighted by Gasteiger charge is 2.13. The molecule has 0 bridgehead atoms. The van der Waals surface area contributed by atoms with E-state index < -0.39 is 11.7 Å². The zero-order valence-electron chi connectivity index (χ0n) is 12.5. The van der Waals surface area contributed by atoms with Crippen molar-refractivity contribution in [3.8, 4) is 5.75 Å². The summed E-state index contributed by atoms with van der Waals surface area (Å²) in [5.41, 5.74) is 5.95. The zero-order valence-corrected chi connectivity index (χ0v) is 13.3. The van der Waals surface area contributed by atoms with Crippen molar-refractivity contribution in [2.45, 2.75) is 6.54 Å². The average molecular weight is 345 g/mol. The number of anilines is 1. The molecule has 8 heteroatoms. The Kier molecular flexibility index (Phi) is 7.53. The lowest BCUT2D eigenvalue weighted by Crippen LogP contribution is -2.13. The van der Waals surface area contributed by atoms with Crippen molar-refractivity contribution in [3.05, 3.63) is 47.7 Å². The van der Waals surface area contributed by atoms with Crippen LogP contribution in [0.2, 0.25) is 0 Å². The van der Waals surface area contributed by atoms with Gasteiger partial charge in [0.25, 0.3) is 5.91 Å². The second-order valence-corrected chi connectivity index (χ2v) is 4.44. The number of rotatable bonds is 7. The minimum atomic E-state index is -0.482. The minimum absolute atomic E-state index is 0. The lowest BCUT2D eigenvalue weighted by atomic mass is 10.2. The van der Waals surface area contributed by atoms with Crippen LogP contribution in [0.5, 0.6) is 5.75 Å². The number of ether oxygens (including phenoxy) is 2. The molecule has 0 aliphatic heterocycles. The standard InChI is InChI=1S/C15H17FN2O4.ClH/c1-20-4-5-21-14-3-2-11(16)7-13(14)18-15(19)10-6-12(8-17)22-9-10;/h2-3,6-7,9H,4-5,8,17H2,1H3,(H,18,19);1H. The number of nitrogens with one attached hydrogen (secondary N) is 1. The summed E-state index contributed by atoms with van der Waals surface area (Å²) < 4.78 is 28.8. The molecule has 1 heterocycles. The van der Waals surface area contributed by atoms with Crippen molar-refractivity contribution >= 4 is 24.0 Å². The maximum atomic E-state index is 13.4. The summed E-state index contributed by atoms with van der Waals surface area (Å²) in [6.07, 6.45) is 1.29. The third kappa shape index (κ3) is 5.24. The van der Waals surface area contributed by atoms with E-state index in [1.54, 1.807) is 7.11 Å². The predicted octanol–water partition coefficient (Wildman–Crippen LogP) is 2.58. The molecule has 0 atom stereocenters. The molecule has 0 fully saturated rings. The van der Waals surface area contributed by atoms with Gasteiger partial charge in [-0.1, -0.05) is 0 Å². The summed E-state index contributed by atoms with van der Waals surface area (Å²) in [7, 11) is 1.55. The van der Waals surface area contributed by atoms with E-state index in [0.717, 1.165) is 0 Å². The molecule has 0 aliphatic carbocycles. The maximum Gasteiger partial charge on any atom is 0.259 e. The molecule has 2 rings (SSSR count).